The molecule has 2 saturated heterocycles. The number of halogens is 3. The summed E-state index contributed by atoms with van der Waals surface area (Å²) in [7, 11) is 0. The number of nitrogens with zero attached hydrogens (tertiary/aromatic N) is 2. The molecule has 166 valence electrons. The summed E-state index contributed by atoms with van der Waals surface area (Å²) in [4.78, 5) is 8.21. The normalized spacial score (nSPS) is 18.7. The Balaban J connectivity index is 1.54. The molecule has 0 atom stereocenters. The minimum Gasteiger partial charge on any atom is -0.378 e. The van der Waals surface area contributed by atoms with E-state index >= 15 is 0 Å². The number of aromatic nitrogens is 1. The lowest BCUT2D eigenvalue weighted by molar-refractivity contribution is -0.140. The van der Waals surface area contributed by atoms with E-state index in [4.69, 9.17) is 4.74 Å². The molecule has 0 amide bonds. The number of piperazine rings is 1. The Morgan fingerprint density at radius 1 is 1.00 bits per heavy atom. The topological polar surface area (TPSA) is 43.5 Å². The van der Waals surface area contributed by atoms with E-state index in [0.29, 0.717) is 24.1 Å². The molecule has 0 aliphatic carbocycles. The molecule has 2 fully saturated rings. The number of hydrogen-bond donors (Lipinski definition) is 2. The van der Waals surface area contributed by atoms with Crippen LogP contribution in [0.2, 0.25) is 0 Å². The van der Waals surface area contributed by atoms with Crippen LogP contribution in [-0.2, 0) is 17.5 Å². The van der Waals surface area contributed by atoms with Crippen molar-refractivity contribution < 1.29 is 17.9 Å². The number of rotatable bonds is 4. The summed E-state index contributed by atoms with van der Waals surface area (Å²) in [5, 5.41) is 6.04. The molecule has 5 rings (SSSR count). The first-order valence-corrected chi connectivity index (χ1v) is 11.4. The Morgan fingerprint density at radius 3 is 2.52 bits per heavy atom. The number of fused-ring (bicyclic) bond motifs is 1. The summed E-state index contributed by atoms with van der Waals surface area (Å²) < 4.78 is 45.7. The molecule has 0 unspecified atom stereocenters. The van der Waals surface area contributed by atoms with E-state index in [9.17, 15) is 13.2 Å². The van der Waals surface area contributed by atoms with Crippen molar-refractivity contribution in [3.63, 3.8) is 0 Å². The lowest BCUT2D eigenvalue weighted by atomic mass is 10.0. The van der Waals surface area contributed by atoms with E-state index in [2.05, 4.69) is 37.6 Å². The second kappa shape index (κ2) is 8.46. The molecule has 0 saturated carbocycles. The number of alkyl halides is 3. The van der Waals surface area contributed by atoms with Gasteiger partial charge in [0, 0.05) is 78.2 Å². The van der Waals surface area contributed by atoms with Gasteiger partial charge < -0.3 is 19.9 Å². The third-order valence-electron chi connectivity index (χ3n) is 5.95. The Bertz CT molecular complexity index is 1050. The molecule has 31 heavy (non-hydrogen) atoms. The highest BCUT2D eigenvalue weighted by atomic mass is 32.1. The number of ether oxygens (including phenoxy) is 1. The third-order valence-corrected chi connectivity index (χ3v) is 6.90. The highest BCUT2D eigenvalue weighted by Crippen LogP contribution is 2.40. The van der Waals surface area contributed by atoms with E-state index in [-0.39, 0.29) is 0 Å². The zero-order chi connectivity index (χ0) is 21.4. The molecule has 3 aromatic rings. The molecular weight excluding hydrogens is 425 g/mol. The molecule has 0 spiro atoms. The Hall–Kier alpha value is -2.07. The van der Waals surface area contributed by atoms with Crippen molar-refractivity contribution in [3.05, 3.63) is 40.9 Å². The quantitative estimate of drug-likeness (QED) is 0.627. The van der Waals surface area contributed by atoms with Gasteiger partial charge in [0.15, 0.2) is 0 Å². The van der Waals surface area contributed by atoms with Gasteiger partial charge in [0.05, 0.1) is 13.2 Å². The maximum atomic E-state index is 13.4. The van der Waals surface area contributed by atoms with Gasteiger partial charge in [-0.2, -0.15) is 13.2 Å². The number of hydrogen-bond acceptors (Lipinski definition) is 5. The summed E-state index contributed by atoms with van der Waals surface area (Å²) in [6.45, 7) is 7.52. The fourth-order valence-corrected chi connectivity index (χ4v) is 5.28. The zero-order valence-corrected chi connectivity index (χ0v) is 17.9. The minimum atomic E-state index is -4.40. The van der Waals surface area contributed by atoms with E-state index in [0.717, 1.165) is 67.5 Å². The van der Waals surface area contributed by atoms with Crippen molar-refractivity contribution in [2.75, 3.05) is 57.4 Å². The summed E-state index contributed by atoms with van der Waals surface area (Å²) in [5.74, 6) is 0. The smallest absolute Gasteiger partial charge is 0.378 e. The number of morpholine rings is 1. The van der Waals surface area contributed by atoms with Crippen LogP contribution in [0.4, 0.5) is 18.9 Å². The van der Waals surface area contributed by atoms with Gasteiger partial charge in [0.1, 0.15) is 5.69 Å². The Morgan fingerprint density at radius 2 is 1.77 bits per heavy atom. The Kier molecular flexibility index (Phi) is 5.68. The van der Waals surface area contributed by atoms with E-state index in [1.807, 2.05) is 6.07 Å². The maximum absolute atomic E-state index is 13.4. The molecule has 2 N–H and O–H groups in total. The number of thiophene rings is 1. The van der Waals surface area contributed by atoms with Gasteiger partial charge in [-0.3, -0.25) is 4.90 Å². The maximum Gasteiger partial charge on any atom is 0.431 e. The van der Waals surface area contributed by atoms with Crippen LogP contribution in [0.5, 0.6) is 0 Å². The van der Waals surface area contributed by atoms with Crippen LogP contribution in [-0.4, -0.2) is 62.4 Å². The van der Waals surface area contributed by atoms with Gasteiger partial charge >= 0.3 is 6.18 Å². The van der Waals surface area contributed by atoms with Gasteiger partial charge in [0.25, 0.3) is 0 Å². The molecule has 5 nitrogen and oxygen atoms in total. The largest absolute Gasteiger partial charge is 0.431 e. The molecule has 4 heterocycles. The number of H-pyrrole nitrogens is 1. The molecule has 2 aromatic heterocycles. The van der Waals surface area contributed by atoms with E-state index in [1.165, 1.54) is 6.07 Å². The lowest BCUT2D eigenvalue weighted by Gasteiger charge is -2.27. The predicted molar refractivity (Wildman–Crippen MR) is 118 cm³/mol. The van der Waals surface area contributed by atoms with Crippen LogP contribution in [0.15, 0.2) is 29.6 Å². The fourth-order valence-electron chi connectivity index (χ4n) is 4.33. The summed E-state index contributed by atoms with van der Waals surface area (Å²) >= 11 is 1.58. The first kappa shape index (κ1) is 20.8. The summed E-state index contributed by atoms with van der Waals surface area (Å²) in [6.07, 6.45) is -4.40. The number of aromatic amines is 1. The summed E-state index contributed by atoms with van der Waals surface area (Å²) in [5.41, 5.74) is 2.83. The van der Waals surface area contributed by atoms with Crippen molar-refractivity contribution in [2.24, 2.45) is 0 Å². The van der Waals surface area contributed by atoms with Gasteiger partial charge in [-0.05, 0) is 29.8 Å². The zero-order valence-electron chi connectivity index (χ0n) is 17.1. The Labute approximate surface area is 182 Å². The van der Waals surface area contributed by atoms with Crippen molar-refractivity contribution >= 4 is 27.9 Å². The van der Waals surface area contributed by atoms with E-state index < -0.39 is 11.9 Å². The van der Waals surface area contributed by atoms with Crippen molar-refractivity contribution in [2.45, 2.75) is 12.7 Å². The molecular formula is C22H25F3N4OS. The van der Waals surface area contributed by atoms with Gasteiger partial charge in [-0.1, -0.05) is 0 Å². The second-order valence-corrected chi connectivity index (χ2v) is 8.99. The molecule has 2 aliphatic rings. The molecule has 0 bridgehead atoms. The van der Waals surface area contributed by atoms with Gasteiger partial charge in [0.2, 0.25) is 0 Å². The summed E-state index contributed by atoms with van der Waals surface area (Å²) in [6, 6.07) is 7.27. The first-order valence-electron chi connectivity index (χ1n) is 10.5. The van der Waals surface area contributed by atoms with Gasteiger partial charge in [-0.25, -0.2) is 0 Å². The SMILES string of the molecule is FC(F)(F)c1cc2c(-c3cc(N4CCOCC4)cs3)cc(CN3CCNCC3)cc2[nH]1. The third kappa shape index (κ3) is 4.45. The predicted octanol–water partition coefficient (Wildman–Crippen LogP) is 4.16. The molecule has 1 aromatic carbocycles. The average Bonchev–Trinajstić information content (AvgIpc) is 3.42. The number of benzene rings is 1. The minimum absolute atomic E-state index is 0.538. The molecule has 2 aliphatic heterocycles. The fraction of sp³-hybridized carbons (Fsp3) is 0.455. The second-order valence-electron chi connectivity index (χ2n) is 8.08. The first-order chi connectivity index (χ1) is 15.0. The van der Waals surface area contributed by atoms with Crippen LogP contribution in [0.1, 0.15) is 11.3 Å². The molecule has 9 heteroatoms. The highest BCUT2D eigenvalue weighted by Gasteiger charge is 2.33. The van der Waals surface area contributed by atoms with Crippen molar-refractivity contribution in [1.29, 1.82) is 0 Å². The average molecular weight is 451 g/mol. The lowest BCUT2D eigenvalue weighted by Crippen LogP contribution is -2.42. The molecule has 0 radical (unpaired) electrons. The number of anilines is 1. The van der Waals surface area contributed by atoms with E-state index in [1.54, 1.807) is 11.3 Å². The monoisotopic (exact) mass is 450 g/mol. The number of nitrogens with one attached hydrogen (secondary N) is 2. The van der Waals surface area contributed by atoms with Crippen molar-refractivity contribution in [3.8, 4) is 10.4 Å². The van der Waals surface area contributed by atoms with Crippen LogP contribution in [0.3, 0.4) is 0 Å². The van der Waals surface area contributed by atoms with Crippen LogP contribution in [0, 0.1) is 0 Å². The van der Waals surface area contributed by atoms with Crippen molar-refractivity contribution in [1.82, 2.24) is 15.2 Å². The highest BCUT2D eigenvalue weighted by molar-refractivity contribution is 7.14. The standard InChI is InChI=1S/C22H25F3N4OS/c23-22(24,25)21-12-17-18(20-11-16(14-31-20)29-5-7-30-8-6-29)9-15(10-19(17)27-21)13-28-3-1-26-2-4-28/h9-12,14,26-27H,1-8,13H2. The van der Waals surface area contributed by atoms with Crippen LogP contribution >= 0.6 is 11.3 Å². The van der Waals surface area contributed by atoms with Gasteiger partial charge in [-0.15, -0.1) is 11.3 Å². The van der Waals surface area contributed by atoms with Crippen LogP contribution < -0.4 is 10.2 Å². The van der Waals surface area contributed by atoms with Crippen LogP contribution in [0.25, 0.3) is 21.3 Å².